The van der Waals surface area contributed by atoms with Crippen LogP contribution in [0.1, 0.15) is 43.1 Å². The minimum absolute atomic E-state index is 0.0446. The van der Waals surface area contributed by atoms with E-state index in [1.165, 1.54) is 0 Å². The number of carbonyl (C=O) groups excluding carboxylic acids is 2. The topological polar surface area (TPSA) is 93.2 Å². The standard InChI is InChI=1S/C14H21N5O2/c1-2-18-8-10(15)12(17-18)14(21)19-7-3-4-11(19)13(20)16-9-5-6-9/h8-9,11H,2-7,15H2,1H3,(H,16,20). The Morgan fingerprint density at radius 1 is 1.43 bits per heavy atom. The van der Waals surface area contributed by atoms with Gasteiger partial charge in [-0.05, 0) is 32.6 Å². The number of anilines is 1. The van der Waals surface area contributed by atoms with Gasteiger partial charge in [0.05, 0.1) is 5.69 Å². The van der Waals surface area contributed by atoms with Gasteiger partial charge in [-0.15, -0.1) is 0 Å². The third kappa shape index (κ3) is 2.72. The summed E-state index contributed by atoms with van der Waals surface area (Å²) >= 11 is 0. The van der Waals surface area contributed by atoms with Gasteiger partial charge in [0.15, 0.2) is 5.69 Å². The van der Waals surface area contributed by atoms with E-state index in [4.69, 9.17) is 5.73 Å². The molecule has 1 aromatic heterocycles. The van der Waals surface area contributed by atoms with Crippen LogP contribution in [0.5, 0.6) is 0 Å². The van der Waals surface area contributed by atoms with Gasteiger partial charge in [0.1, 0.15) is 6.04 Å². The number of carbonyl (C=O) groups is 2. The van der Waals surface area contributed by atoms with E-state index in [2.05, 4.69) is 10.4 Å². The first-order chi connectivity index (χ1) is 10.1. The van der Waals surface area contributed by atoms with E-state index in [1.807, 2.05) is 6.92 Å². The minimum atomic E-state index is -0.385. The van der Waals surface area contributed by atoms with Crippen molar-refractivity contribution in [3.63, 3.8) is 0 Å². The molecule has 21 heavy (non-hydrogen) atoms. The Balaban J connectivity index is 1.75. The van der Waals surface area contributed by atoms with Crippen molar-refractivity contribution in [1.29, 1.82) is 0 Å². The first-order valence-corrected chi connectivity index (χ1v) is 7.54. The summed E-state index contributed by atoms with van der Waals surface area (Å²) in [7, 11) is 0. The molecule has 114 valence electrons. The maximum absolute atomic E-state index is 12.6. The van der Waals surface area contributed by atoms with Crippen LogP contribution in [-0.4, -0.2) is 45.1 Å². The van der Waals surface area contributed by atoms with E-state index in [9.17, 15) is 9.59 Å². The van der Waals surface area contributed by atoms with Crippen LogP contribution in [0.4, 0.5) is 5.69 Å². The highest BCUT2D eigenvalue weighted by atomic mass is 16.2. The predicted molar refractivity (Wildman–Crippen MR) is 77.5 cm³/mol. The molecule has 0 spiro atoms. The quantitative estimate of drug-likeness (QED) is 0.838. The number of nitrogen functional groups attached to an aromatic ring is 1. The Labute approximate surface area is 123 Å². The summed E-state index contributed by atoms with van der Waals surface area (Å²) in [6.07, 6.45) is 5.28. The van der Waals surface area contributed by atoms with Crippen molar-refractivity contribution >= 4 is 17.5 Å². The van der Waals surface area contributed by atoms with Gasteiger partial charge >= 0.3 is 0 Å². The van der Waals surface area contributed by atoms with Crippen LogP contribution in [0, 0.1) is 0 Å². The number of aromatic nitrogens is 2. The first-order valence-electron chi connectivity index (χ1n) is 7.54. The van der Waals surface area contributed by atoms with E-state index < -0.39 is 0 Å². The second kappa shape index (κ2) is 5.38. The average Bonchev–Trinajstić information content (AvgIpc) is 3.02. The largest absolute Gasteiger partial charge is 0.396 e. The average molecular weight is 291 g/mol. The number of nitrogens with zero attached hydrogens (tertiary/aromatic N) is 3. The molecule has 1 saturated carbocycles. The number of hydrogen-bond acceptors (Lipinski definition) is 4. The fraction of sp³-hybridized carbons (Fsp3) is 0.643. The molecule has 2 heterocycles. The lowest BCUT2D eigenvalue weighted by Crippen LogP contribution is -2.46. The highest BCUT2D eigenvalue weighted by molar-refractivity contribution is 6.00. The number of nitrogens with two attached hydrogens (primary N) is 1. The lowest BCUT2D eigenvalue weighted by molar-refractivity contribution is -0.125. The maximum atomic E-state index is 12.6. The van der Waals surface area contributed by atoms with Crippen molar-refractivity contribution in [3.8, 4) is 0 Å². The van der Waals surface area contributed by atoms with Crippen molar-refractivity contribution in [2.45, 2.75) is 51.2 Å². The molecule has 2 aliphatic rings. The summed E-state index contributed by atoms with van der Waals surface area (Å²) in [6.45, 7) is 3.17. The molecule has 2 amide bonds. The van der Waals surface area contributed by atoms with Gasteiger partial charge in [-0.25, -0.2) is 0 Å². The van der Waals surface area contributed by atoms with Gasteiger partial charge in [-0.1, -0.05) is 0 Å². The lowest BCUT2D eigenvalue weighted by Gasteiger charge is -2.23. The zero-order chi connectivity index (χ0) is 15.0. The molecule has 0 bridgehead atoms. The number of aryl methyl sites for hydroxylation is 1. The molecule has 7 nitrogen and oxygen atoms in total. The molecular weight excluding hydrogens is 270 g/mol. The van der Waals surface area contributed by atoms with E-state index >= 15 is 0 Å². The molecule has 1 atom stereocenters. The zero-order valence-electron chi connectivity index (χ0n) is 12.2. The van der Waals surface area contributed by atoms with Gasteiger partial charge in [0, 0.05) is 25.3 Å². The van der Waals surface area contributed by atoms with Crippen molar-refractivity contribution in [2.75, 3.05) is 12.3 Å². The van der Waals surface area contributed by atoms with E-state index in [0.29, 0.717) is 31.2 Å². The molecule has 0 radical (unpaired) electrons. The van der Waals surface area contributed by atoms with E-state index in [1.54, 1.807) is 15.8 Å². The maximum Gasteiger partial charge on any atom is 0.277 e. The first kappa shape index (κ1) is 13.9. The van der Waals surface area contributed by atoms with Crippen LogP contribution in [0.15, 0.2) is 6.20 Å². The second-order valence-electron chi connectivity index (χ2n) is 5.73. The third-order valence-corrected chi connectivity index (χ3v) is 4.06. The second-order valence-corrected chi connectivity index (χ2v) is 5.73. The minimum Gasteiger partial charge on any atom is -0.396 e. The van der Waals surface area contributed by atoms with Gasteiger partial charge in [-0.2, -0.15) is 5.10 Å². The SMILES string of the molecule is CCn1cc(N)c(C(=O)N2CCCC2C(=O)NC2CC2)n1. The Morgan fingerprint density at radius 3 is 2.81 bits per heavy atom. The van der Waals surface area contributed by atoms with Crippen molar-refractivity contribution in [3.05, 3.63) is 11.9 Å². The van der Waals surface area contributed by atoms with Crippen LogP contribution in [-0.2, 0) is 11.3 Å². The lowest BCUT2D eigenvalue weighted by atomic mass is 10.2. The molecule has 7 heteroatoms. The fourth-order valence-electron chi connectivity index (χ4n) is 2.71. The Hall–Kier alpha value is -2.05. The van der Waals surface area contributed by atoms with Crippen molar-refractivity contribution < 1.29 is 9.59 Å². The third-order valence-electron chi connectivity index (χ3n) is 4.06. The van der Waals surface area contributed by atoms with Crippen LogP contribution < -0.4 is 11.1 Å². The predicted octanol–water partition coefficient (Wildman–Crippen LogP) is 0.368. The van der Waals surface area contributed by atoms with Crippen LogP contribution in [0.25, 0.3) is 0 Å². The smallest absolute Gasteiger partial charge is 0.277 e. The summed E-state index contributed by atoms with van der Waals surface area (Å²) in [5.41, 5.74) is 6.49. The van der Waals surface area contributed by atoms with Crippen LogP contribution in [0.3, 0.4) is 0 Å². The highest BCUT2D eigenvalue weighted by Gasteiger charge is 2.38. The highest BCUT2D eigenvalue weighted by Crippen LogP contribution is 2.24. The number of likely N-dealkylation sites (tertiary alicyclic amines) is 1. The van der Waals surface area contributed by atoms with Crippen LogP contribution >= 0.6 is 0 Å². The van der Waals surface area contributed by atoms with Crippen LogP contribution in [0.2, 0.25) is 0 Å². The van der Waals surface area contributed by atoms with E-state index in [-0.39, 0.29) is 23.6 Å². The summed E-state index contributed by atoms with van der Waals surface area (Å²) in [4.78, 5) is 26.4. The van der Waals surface area contributed by atoms with Gasteiger partial charge < -0.3 is 16.0 Å². The molecule has 1 unspecified atom stereocenters. The molecule has 1 aliphatic carbocycles. The molecule has 1 aliphatic heterocycles. The number of amides is 2. The molecule has 1 saturated heterocycles. The summed E-state index contributed by atoms with van der Waals surface area (Å²) < 4.78 is 1.64. The van der Waals surface area contributed by atoms with Gasteiger partial charge in [0.2, 0.25) is 5.91 Å². The van der Waals surface area contributed by atoms with Crippen molar-refractivity contribution in [1.82, 2.24) is 20.0 Å². The van der Waals surface area contributed by atoms with E-state index in [0.717, 1.165) is 19.3 Å². The number of nitrogens with one attached hydrogen (secondary N) is 1. The molecule has 1 aromatic rings. The fourth-order valence-corrected chi connectivity index (χ4v) is 2.71. The van der Waals surface area contributed by atoms with Gasteiger partial charge in [-0.3, -0.25) is 14.3 Å². The number of rotatable bonds is 4. The molecule has 3 rings (SSSR count). The Kier molecular flexibility index (Phi) is 3.57. The Bertz CT molecular complexity index is 564. The zero-order valence-corrected chi connectivity index (χ0v) is 12.2. The monoisotopic (exact) mass is 291 g/mol. The summed E-state index contributed by atoms with van der Waals surface area (Å²) in [5.74, 6) is -0.287. The van der Waals surface area contributed by atoms with Crippen molar-refractivity contribution in [2.24, 2.45) is 0 Å². The normalized spacial score (nSPS) is 21.6. The molecule has 2 fully saturated rings. The Morgan fingerprint density at radius 2 is 2.19 bits per heavy atom. The molecule has 3 N–H and O–H groups in total. The summed E-state index contributed by atoms with van der Waals surface area (Å²) in [6, 6.07) is -0.0799. The molecule has 0 aromatic carbocycles. The van der Waals surface area contributed by atoms with Gasteiger partial charge in [0.25, 0.3) is 5.91 Å². The number of hydrogen-bond donors (Lipinski definition) is 2. The summed E-state index contributed by atoms with van der Waals surface area (Å²) in [5, 5.41) is 7.18. The molecular formula is C14H21N5O2.